The Balaban J connectivity index is 1.42. The van der Waals surface area contributed by atoms with Gasteiger partial charge in [-0.1, -0.05) is 12.1 Å². The summed E-state index contributed by atoms with van der Waals surface area (Å²) in [6.07, 6.45) is 1.95. The molecule has 152 valence electrons. The fraction of sp³-hybridized carbons (Fsp3) is 0.579. The predicted molar refractivity (Wildman–Crippen MR) is 98.6 cm³/mol. The van der Waals surface area contributed by atoms with Crippen LogP contribution in [0.5, 0.6) is 11.5 Å². The van der Waals surface area contributed by atoms with E-state index in [1.165, 1.54) is 7.11 Å². The molecule has 1 N–H and O–H groups in total. The summed E-state index contributed by atoms with van der Waals surface area (Å²) in [7, 11) is 1.46. The molecule has 0 amide bonds. The molecule has 2 aromatic rings. The topological polar surface area (TPSA) is 64.4 Å². The number of piperidine rings is 1. The summed E-state index contributed by atoms with van der Waals surface area (Å²) in [4.78, 5) is 2.26. The second kappa shape index (κ2) is 8.40. The molecule has 3 heterocycles. The number of nitrogens with zero attached hydrogens (tertiary/aromatic N) is 4. The number of rotatable bonds is 6. The van der Waals surface area contributed by atoms with Crippen molar-refractivity contribution in [3.63, 3.8) is 0 Å². The van der Waals surface area contributed by atoms with E-state index in [0.717, 1.165) is 57.2 Å². The number of fused-ring (bicyclic) bond motifs is 1. The van der Waals surface area contributed by atoms with Crippen LogP contribution in [0, 0.1) is 0 Å². The number of methoxy groups -OCH3 is 1. The summed E-state index contributed by atoms with van der Waals surface area (Å²) in [6.45, 7) is 2.04. The molecule has 1 aromatic carbocycles. The van der Waals surface area contributed by atoms with Crippen molar-refractivity contribution in [1.29, 1.82) is 0 Å². The largest absolute Gasteiger partial charge is 0.493 e. The highest BCUT2D eigenvalue weighted by molar-refractivity contribution is 5.46. The monoisotopic (exact) mass is 393 g/mol. The number of aromatic nitrogens is 3. The quantitative estimate of drug-likeness (QED) is 0.813. The van der Waals surface area contributed by atoms with Crippen LogP contribution in [0.3, 0.4) is 0 Å². The molecule has 28 heavy (non-hydrogen) atoms. The number of benzene rings is 1. The summed E-state index contributed by atoms with van der Waals surface area (Å²) in [5, 5.41) is 12.1. The van der Waals surface area contributed by atoms with E-state index >= 15 is 0 Å². The highest BCUT2D eigenvalue weighted by Gasteiger charge is 2.27. The molecule has 7 nitrogen and oxygen atoms in total. The molecule has 1 aromatic heterocycles. The second-order valence-corrected chi connectivity index (χ2v) is 7.18. The minimum atomic E-state index is -2.88. The average molecular weight is 393 g/mol. The van der Waals surface area contributed by atoms with E-state index in [-0.39, 0.29) is 5.75 Å². The number of hydrogen-bond acceptors (Lipinski definition) is 6. The van der Waals surface area contributed by atoms with Gasteiger partial charge in [-0.3, -0.25) is 4.90 Å². The zero-order valence-electron chi connectivity index (χ0n) is 15.9. The number of halogens is 2. The molecule has 1 saturated heterocycles. The average Bonchev–Trinajstić information content (AvgIpc) is 3.14. The standard InChI is InChI=1S/C19H25F2N5O2/c1-27-15-4-2-3-14(17(15)28-19(20)21)12-25-8-5-13(6-9-25)18-24-23-16-11-22-7-10-26(16)18/h2-4,13,19,22H,5-12H2,1H3. The Hall–Kier alpha value is -2.26. The van der Waals surface area contributed by atoms with E-state index < -0.39 is 6.61 Å². The maximum absolute atomic E-state index is 12.8. The van der Waals surface area contributed by atoms with Gasteiger partial charge in [0.15, 0.2) is 11.5 Å². The normalized spacial score (nSPS) is 18.3. The van der Waals surface area contributed by atoms with Gasteiger partial charge in [0.05, 0.1) is 13.7 Å². The third-order valence-electron chi connectivity index (χ3n) is 5.49. The van der Waals surface area contributed by atoms with Gasteiger partial charge in [0, 0.05) is 31.1 Å². The van der Waals surface area contributed by atoms with Crippen LogP contribution < -0.4 is 14.8 Å². The Morgan fingerprint density at radius 1 is 1.21 bits per heavy atom. The first kappa shape index (κ1) is 19.1. The summed E-state index contributed by atoms with van der Waals surface area (Å²) in [6, 6.07) is 5.25. The van der Waals surface area contributed by atoms with Gasteiger partial charge < -0.3 is 19.4 Å². The van der Waals surface area contributed by atoms with Crippen molar-refractivity contribution in [2.24, 2.45) is 0 Å². The molecule has 2 aliphatic rings. The molecule has 0 aliphatic carbocycles. The van der Waals surface area contributed by atoms with E-state index in [4.69, 9.17) is 9.47 Å². The minimum Gasteiger partial charge on any atom is -0.493 e. The second-order valence-electron chi connectivity index (χ2n) is 7.18. The fourth-order valence-electron chi connectivity index (χ4n) is 4.08. The van der Waals surface area contributed by atoms with Crippen molar-refractivity contribution in [3.8, 4) is 11.5 Å². The Kier molecular flexibility index (Phi) is 5.72. The van der Waals surface area contributed by atoms with Crippen LogP contribution in [0.1, 0.15) is 36.0 Å². The lowest BCUT2D eigenvalue weighted by Gasteiger charge is -2.32. The Morgan fingerprint density at radius 3 is 2.79 bits per heavy atom. The van der Waals surface area contributed by atoms with E-state index in [0.29, 0.717) is 23.8 Å². The van der Waals surface area contributed by atoms with Crippen molar-refractivity contribution in [2.75, 3.05) is 26.7 Å². The zero-order valence-corrected chi connectivity index (χ0v) is 15.9. The lowest BCUT2D eigenvalue weighted by molar-refractivity contribution is -0.0522. The molecule has 0 spiro atoms. The van der Waals surface area contributed by atoms with E-state index in [2.05, 4.69) is 25.0 Å². The minimum absolute atomic E-state index is 0.126. The molecule has 9 heteroatoms. The summed E-state index contributed by atoms with van der Waals surface area (Å²) in [5.41, 5.74) is 0.712. The highest BCUT2D eigenvalue weighted by atomic mass is 19.3. The van der Waals surface area contributed by atoms with Gasteiger partial charge in [-0.15, -0.1) is 10.2 Å². The van der Waals surface area contributed by atoms with Crippen LogP contribution in [0.2, 0.25) is 0 Å². The molecule has 2 aliphatic heterocycles. The first-order valence-corrected chi connectivity index (χ1v) is 9.61. The molecule has 0 radical (unpaired) electrons. The van der Waals surface area contributed by atoms with Gasteiger partial charge in [-0.25, -0.2) is 0 Å². The lowest BCUT2D eigenvalue weighted by Crippen LogP contribution is -2.35. The van der Waals surface area contributed by atoms with Crippen molar-refractivity contribution in [2.45, 2.75) is 45.0 Å². The highest BCUT2D eigenvalue weighted by Crippen LogP contribution is 2.35. The first-order chi connectivity index (χ1) is 13.7. The molecule has 4 rings (SSSR count). The van der Waals surface area contributed by atoms with Crippen molar-refractivity contribution in [3.05, 3.63) is 35.4 Å². The van der Waals surface area contributed by atoms with Gasteiger partial charge in [-0.05, 0) is 32.0 Å². The van der Waals surface area contributed by atoms with Crippen LogP contribution in [-0.2, 0) is 19.6 Å². The van der Waals surface area contributed by atoms with Gasteiger partial charge in [0.1, 0.15) is 11.6 Å². The fourth-order valence-corrected chi connectivity index (χ4v) is 4.08. The molecule has 0 saturated carbocycles. The third kappa shape index (κ3) is 3.95. The van der Waals surface area contributed by atoms with Gasteiger partial charge in [0.25, 0.3) is 0 Å². The van der Waals surface area contributed by atoms with Crippen molar-refractivity contribution < 1.29 is 18.3 Å². The van der Waals surface area contributed by atoms with E-state index in [1.54, 1.807) is 12.1 Å². The number of para-hydroxylation sites is 1. The molecule has 0 unspecified atom stereocenters. The Morgan fingerprint density at radius 2 is 2.04 bits per heavy atom. The number of ether oxygens (including phenoxy) is 2. The summed E-state index contributed by atoms with van der Waals surface area (Å²) in [5.74, 6) is 2.93. The van der Waals surface area contributed by atoms with Crippen molar-refractivity contribution >= 4 is 0 Å². The maximum atomic E-state index is 12.8. The number of alkyl halides is 2. The predicted octanol–water partition coefficient (Wildman–Crippen LogP) is 2.37. The molecule has 1 fully saturated rings. The summed E-state index contributed by atoms with van der Waals surface area (Å²) >= 11 is 0. The van der Waals surface area contributed by atoms with E-state index in [9.17, 15) is 8.78 Å². The maximum Gasteiger partial charge on any atom is 0.387 e. The Bertz CT molecular complexity index is 806. The number of nitrogens with one attached hydrogen (secondary N) is 1. The zero-order chi connectivity index (χ0) is 19.5. The van der Waals surface area contributed by atoms with Crippen LogP contribution >= 0.6 is 0 Å². The molecule has 0 bridgehead atoms. The third-order valence-corrected chi connectivity index (χ3v) is 5.49. The molecular weight excluding hydrogens is 368 g/mol. The first-order valence-electron chi connectivity index (χ1n) is 9.61. The Labute approximate surface area is 162 Å². The molecular formula is C19H25F2N5O2. The van der Waals surface area contributed by atoms with Crippen LogP contribution in [-0.4, -0.2) is 53.0 Å². The van der Waals surface area contributed by atoms with Crippen LogP contribution in [0.4, 0.5) is 8.78 Å². The van der Waals surface area contributed by atoms with Gasteiger partial charge >= 0.3 is 6.61 Å². The van der Waals surface area contributed by atoms with E-state index in [1.807, 2.05) is 6.07 Å². The van der Waals surface area contributed by atoms with Crippen molar-refractivity contribution in [1.82, 2.24) is 25.0 Å². The SMILES string of the molecule is COc1cccc(CN2CCC(c3nnc4n3CCNC4)CC2)c1OC(F)F. The van der Waals surface area contributed by atoms with Gasteiger partial charge in [0.2, 0.25) is 0 Å². The summed E-state index contributed by atoms with van der Waals surface area (Å²) < 4.78 is 37.8. The van der Waals surface area contributed by atoms with Gasteiger partial charge in [-0.2, -0.15) is 8.78 Å². The van der Waals surface area contributed by atoms with Crippen LogP contribution in [0.25, 0.3) is 0 Å². The lowest BCUT2D eigenvalue weighted by atomic mass is 9.95. The smallest absolute Gasteiger partial charge is 0.387 e. The van der Waals surface area contributed by atoms with Crippen LogP contribution in [0.15, 0.2) is 18.2 Å². The number of likely N-dealkylation sites (tertiary alicyclic amines) is 1. The molecule has 0 atom stereocenters. The number of hydrogen-bond donors (Lipinski definition) is 1.